The Bertz CT molecular complexity index is 775. The second-order valence-corrected chi connectivity index (χ2v) is 10.2. The van der Waals surface area contributed by atoms with Crippen molar-refractivity contribution in [1.82, 2.24) is 4.98 Å². The molecule has 0 aromatic rings. The van der Waals surface area contributed by atoms with Gasteiger partial charge < -0.3 is 15.8 Å². The molecule has 0 radical (unpaired) electrons. The molecule has 0 fully saturated rings. The minimum Gasteiger partial charge on any atom is -0.327 e. The predicted molar refractivity (Wildman–Crippen MR) is 82.9 cm³/mol. The third-order valence-electron chi connectivity index (χ3n) is 4.54. The molecule has 0 bridgehead atoms. The van der Waals surface area contributed by atoms with Crippen molar-refractivity contribution in [1.29, 1.82) is 0 Å². The van der Waals surface area contributed by atoms with E-state index < -0.39 is 74.6 Å². The number of nitrogens with one attached hydrogen (secondary N) is 1. The van der Waals surface area contributed by atoms with E-state index in [1.54, 1.807) is 0 Å². The molecule has 0 aliphatic carbocycles. The van der Waals surface area contributed by atoms with Crippen LogP contribution in [0.2, 0.25) is 6.04 Å². The summed E-state index contributed by atoms with van der Waals surface area (Å²) in [5.74, 6) is -66.6. The van der Waals surface area contributed by atoms with Crippen LogP contribution in [0, 0.1) is 0 Å². The number of alkyl halides is 19. The van der Waals surface area contributed by atoms with E-state index in [-0.39, 0.29) is 6.54 Å². The quantitative estimate of drug-likeness (QED) is 0.205. The van der Waals surface area contributed by atoms with Gasteiger partial charge in [0.05, 0.1) is 0 Å². The second kappa shape index (κ2) is 9.20. The highest BCUT2D eigenvalue weighted by Gasteiger charge is 2.96. The Labute approximate surface area is 188 Å². The van der Waals surface area contributed by atoms with E-state index in [1.165, 1.54) is 6.92 Å². The smallest absolute Gasteiger partial charge is 0.327 e. The normalized spacial score (nSPS) is 16.5. The van der Waals surface area contributed by atoms with Crippen LogP contribution in [0.4, 0.5) is 83.4 Å². The number of nitrogens with two attached hydrogens (primary N) is 2. The van der Waals surface area contributed by atoms with Gasteiger partial charge in [-0.15, -0.1) is 0 Å². The van der Waals surface area contributed by atoms with Crippen LogP contribution in [-0.4, -0.2) is 68.7 Å². The number of rotatable bonds is 12. The van der Waals surface area contributed by atoms with Crippen molar-refractivity contribution in [3.8, 4) is 0 Å². The van der Waals surface area contributed by atoms with E-state index in [9.17, 15) is 83.4 Å². The highest BCUT2D eigenvalue weighted by atomic mass is 28.4. The summed E-state index contributed by atoms with van der Waals surface area (Å²) < 4.78 is 251. The Morgan fingerprint density at radius 3 is 1.06 bits per heavy atom. The lowest BCUT2D eigenvalue weighted by Crippen LogP contribution is -2.76. The maximum Gasteiger partial charge on any atom is 0.460 e. The fraction of sp³-hybridized carbons (Fsp3) is 1.00. The van der Waals surface area contributed by atoms with Gasteiger partial charge in [-0.25, -0.2) is 0 Å². The molecule has 0 aliphatic rings. The average molecular weight is 601 g/mol. The van der Waals surface area contributed by atoms with E-state index >= 15 is 0 Å². The van der Waals surface area contributed by atoms with Crippen molar-refractivity contribution in [3.05, 3.63) is 0 Å². The van der Waals surface area contributed by atoms with E-state index in [0.717, 1.165) is 0 Å². The molecule has 0 saturated heterocycles. The molecular formula is C13H14F19N3Si. The average Bonchev–Trinajstić information content (AvgIpc) is 2.64. The number of hydrogen-bond acceptors (Lipinski definition) is 3. The third-order valence-corrected chi connectivity index (χ3v) is 6.63. The lowest BCUT2D eigenvalue weighted by molar-refractivity contribution is -0.468. The van der Waals surface area contributed by atoms with Crippen LogP contribution >= 0.6 is 0 Å². The topological polar surface area (TPSA) is 64.1 Å². The van der Waals surface area contributed by atoms with Gasteiger partial charge in [-0.2, -0.15) is 83.4 Å². The van der Waals surface area contributed by atoms with Crippen molar-refractivity contribution in [2.75, 3.05) is 6.54 Å². The van der Waals surface area contributed by atoms with Gasteiger partial charge in [0.25, 0.3) is 8.56 Å². The summed E-state index contributed by atoms with van der Waals surface area (Å²) in [5.41, 5.74) is 0. The maximum absolute atomic E-state index is 13.7. The summed E-state index contributed by atoms with van der Waals surface area (Å²) in [7, 11) is -4.18. The lowest BCUT2D eigenvalue weighted by Gasteiger charge is -2.44. The van der Waals surface area contributed by atoms with Crippen LogP contribution in [0.5, 0.6) is 0 Å². The van der Waals surface area contributed by atoms with Crippen LogP contribution in [0.3, 0.4) is 0 Å². The Kier molecular flexibility index (Phi) is 8.89. The summed E-state index contributed by atoms with van der Waals surface area (Å²) in [6.45, 7) is 0.941. The summed E-state index contributed by atoms with van der Waals surface area (Å²) in [4.78, 5) is 2.02. The van der Waals surface area contributed by atoms with Crippen LogP contribution in [0.1, 0.15) is 13.3 Å². The molecule has 5 N–H and O–H groups in total. The molecule has 0 spiro atoms. The molecule has 0 atom stereocenters. The second-order valence-electron chi connectivity index (χ2n) is 7.29. The zero-order valence-corrected chi connectivity index (χ0v) is 18.0. The first kappa shape index (κ1) is 34.8. The van der Waals surface area contributed by atoms with Gasteiger partial charge in [0.15, 0.2) is 0 Å². The minimum absolute atomic E-state index is 0.256. The largest absolute Gasteiger partial charge is 0.460 e. The number of hydrogen-bond donors (Lipinski definition) is 3. The van der Waals surface area contributed by atoms with Gasteiger partial charge in [-0.05, 0) is 12.6 Å². The molecule has 23 heteroatoms. The first-order valence-electron chi connectivity index (χ1n) is 8.69. The van der Waals surface area contributed by atoms with Crippen molar-refractivity contribution >= 4 is 8.56 Å². The molecule has 0 unspecified atom stereocenters. The van der Waals surface area contributed by atoms with E-state index in [2.05, 4.69) is 0 Å². The van der Waals surface area contributed by atoms with Gasteiger partial charge in [0.1, 0.15) is 0 Å². The molecule has 218 valence electrons. The Morgan fingerprint density at radius 1 is 0.500 bits per heavy atom. The predicted octanol–water partition coefficient (Wildman–Crippen LogP) is 5.49. The molecule has 0 amide bonds. The van der Waals surface area contributed by atoms with Crippen LogP contribution in [0.25, 0.3) is 0 Å². The van der Waals surface area contributed by atoms with Gasteiger partial charge in [0, 0.05) is 6.42 Å². The van der Waals surface area contributed by atoms with Crippen LogP contribution in [0.15, 0.2) is 0 Å². The van der Waals surface area contributed by atoms with Gasteiger partial charge in [-0.3, -0.25) is 0 Å². The Hall–Kier alpha value is -1.23. The van der Waals surface area contributed by atoms with Crippen molar-refractivity contribution in [2.45, 2.75) is 72.9 Å². The highest BCUT2D eigenvalue weighted by molar-refractivity contribution is 6.71. The highest BCUT2D eigenvalue weighted by Crippen LogP contribution is 2.65. The van der Waals surface area contributed by atoms with E-state index in [0.29, 0.717) is 0 Å². The van der Waals surface area contributed by atoms with Gasteiger partial charge in [0.2, 0.25) is 0 Å². The lowest BCUT2D eigenvalue weighted by atomic mass is 9.87. The zero-order chi connectivity index (χ0) is 29.8. The zero-order valence-electron chi connectivity index (χ0n) is 17.0. The van der Waals surface area contributed by atoms with E-state index in [4.69, 9.17) is 10.8 Å². The molecule has 0 aromatic carbocycles. The Morgan fingerprint density at radius 2 is 0.778 bits per heavy atom. The monoisotopic (exact) mass is 601 g/mol. The summed E-state index contributed by atoms with van der Waals surface area (Å²) in [6, 6.07) is -1.60. The molecule has 36 heavy (non-hydrogen) atoms. The molecule has 0 saturated carbocycles. The molecule has 0 rings (SSSR count). The fourth-order valence-electron chi connectivity index (χ4n) is 2.33. The summed E-state index contributed by atoms with van der Waals surface area (Å²) in [5, 5.41) is 10.3. The Balaban J connectivity index is 6.69. The number of halogens is 19. The van der Waals surface area contributed by atoms with Gasteiger partial charge in [-0.1, -0.05) is 6.92 Å². The fourth-order valence-corrected chi connectivity index (χ4v) is 3.89. The maximum atomic E-state index is 13.7. The molecule has 0 heterocycles. The van der Waals surface area contributed by atoms with Crippen molar-refractivity contribution in [2.24, 2.45) is 10.8 Å². The molecule has 0 aromatic heterocycles. The molecule has 3 nitrogen and oxygen atoms in total. The minimum atomic E-state index is -8.93. The molecule has 0 aliphatic heterocycles. The van der Waals surface area contributed by atoms with Crippen LogP contribution < -0.4 is 15.8 Å². The standard InChI is InChI=1S/C13H14F19N3Si/c1-2-35-36(33,34)4-3-5(14,15)6(16,17)7(18,19)8(20,21)9(22,23)10(24,25)11(26,27)12(28,29)13(30,31)32/h35H,2-4,33-34H2,1H3. The first-order chi connectivity index (χ1) is 15.3. The summed E-state index contributed by atoms with van der Waals surface area (Å²) >= 11 is 0. The van der Waals surface area contributed by atoms with E-state index in [1.807, 2.05) is 4.98 Å². The van der Waals surface area contributed by atoms with Crippen molar-refractivity contribution < 1.29 is 83.4 Å². The van der Waals surface area contributed by atoms with Crippen LogP contribution in [-0.2, 0) is 0 Å². The molecular weight excluding hydrogens is 587 g/mol. The van der Waals surface area contributed by atoms with Crippen molar-refractivity contribution in [3.63, 3.8) is 0 Å². The van der Waals surface area contributed by atoms with Gasteiger partial charge >= 0.3 is 53.6 Å². The SMILES string of the molecule is CCN[Si](N)(N)CCC(F)(F)C(F)(F)C(F)(F)C(F)(F)C(F)(F)C(F)(F)C(F)(F)C(F)(F)C(F)(F)F. The third kappa shape index (κ3) is 4.95. The summed E-state index contributed by atoms with van der Waals surface area (Å²) in [6.07, 6.45) is -10.6. The first-order valence-corrected chi connectivity index (χ1v) is 11.0.